The van der Waals surface area contributed by atoms with Gasteiger partial charge in [0.1, 0.15) is 11.5 Å². The molecule has 0 bridgehead atoms. The van der Waals surface area contributed by atoms with Gasteiger partial charge in [0.05, 0.1) is 0 Å². The quantitative estimate of drug-likeness (QED) is 0.680. The van der Waals surface area contributed by atoms with Crippen LogP contribution in [0.25, 0.3) is 0 Å². The van der Waals surface area contributed by atoms with Crippen LogP contribution in [0.1, 0.15) is 0 Å². The van der Waals surface area contributed by atoms with Gasteiger partial charge in [0.25, 0.3) is 5.56 Å². The van der Waals surface area contributed by atoms with Crippen LogP contribution in [0.4, 0.5) is 11.5 Å². The molecule has 0 aliphatic heterocycles. The van der Waals surface area contributed by atoms with E-state index in [1.165, 1.54) is 18.7 Å². The average molecular weight is 241 g/mol. The molecule has 0 atom stereocenters. The van der Waals surface area contributed by atoms with Crippen LogP contribution in [0.2, 0.25) is 0 Å². The van der Waals surface area contributed by atoms with Crippen molar-refractivity contribution in [1.29, 1.82) is 0 Å². The van der Waals surface area contributed by atoms with Crippen LogP contribution in [-0.4, -0.2) is 41.2 Å². The van der Waals surface area contributed by atoms with Crippen LogP contribution in [0, 0.1) is 0 Å². The molecule has 0 aliphatic carbocycles. The minimum atomic E-state index is -0.425. The van der Waals surface area contributed by atoms with E-state index in [1.807, 2.05) is 19.0 Å². The molecule has 7 heteroatoms. The van der Waals surface area contributed by atoms with Gasteiger partial charge >= 0.3 is 5.69 Å². The number of rotatable bonds is 4. The van der Waals surface area contributed by atoms with Crippen molar-refractivity contribution in [2.75, 3.05) is 38.2 Å². The van der Waals surface area contributed by atoms with Crippen molar-refractivity contribution in [3.8, 4) is 0 Å². The molecule has 17 heavy (non-hydrogen) atoms. The number of anilines is 2. The number of hydrogen-bond donors (Lipinski definition) is 2. The number of nitrogens with two attached hydrogens (primary N) is 1. The second kappa shape index (κ2) is 5.05. The highest BCUT2D eigenvalue weighted by molar-refractivity contribution is 5.60. The molecule has 3 N–H and O–H groups in total. The maximum absolute atomic E-state index is 11.8. The first-order valence-corrected chi connectivity index (χ1v) is 5.30. The van der Waals surface area contributed by atoms with E-state index in [9.17, 15) is 9.59 Å². The molecule has 96 valence electrons. The number of nitrogen functional groups attached to an aromatic ring is 1. The van der Waals surface area contributed by atoms with Gasteiger partial charge < -0.3 is 16.0 Å². The maximum atomic E-state index is 11.8. The average Bonchev–Trinajstić information content (AvgIpc) is 2.28. The van der Waals surface area contributed by atoms with Crippen molar-refractivity contribution >= 4 is 11.5 Å². The lowest BCUT2D eigenvalue weighted by Gasteiger charge is -2.14. The van der Waals surface area contributed by atoms with Gasteiger partial charge in [-0.2, -0.15) is 0 Å². The Hall–Kier alpha value is -1.76. The van der Waals surface area contributed by atoms with Gasteiger partial charge in [-0.3, -0.25) is 13.9 Å². The van der Waals surface area contributed by atoms with E-state index in [2.05, 4.69) is 5.32 Å². The predicted molar refractivity (Wildman–Crippen MR) is 68.4 cm³/mol. The summed E-state index contributed by atoms with van der Waals surface area (Å²) in [5, 5.41) is 2.96. The van der Waals surface area contributed by atoms with Gasteiger partial charge in [0, 0.05) is 27.2 Å². The van der Waals surface area contributed by atoms with Crippen molar-refractivity contribution in [2.45, 2.75) is 0 Å². The summed E-state index contributed by atoms with van der Waals surface area (Å²) in [7, 11) is 6.84. The molecule has 0 spiro atoms. The topological polar surface area (TPSA) is 85.3 Å². The van der Waals surface area contributed by atoms with E-state index < -0.39 is 11.2 Å². The molecule has 1 heterocycles. The first-order valence-electron chi connectivity index (χ1n) is 5.30. The van der Waals surface area contributed by atoms with Crippen LogP contribution in [-0.2, 0) is 14.1 Å². The third kappa shape index (κ3) is 2.68. The Kier molecular flexibility index (Phi) is 3.95. The molecule has 0 radical (unpaired) electrons. The Balaban J connectivity index is 3.08. The molecule has 0 aromatic carbocycles. The number of nitrogens with zero attached hydrogens (tertiary/aromatic N) is 3. The van der Waals surface area contributed by atoms with Crippen molar-refractivity contribution in [3.63, 3.8) is 0 Å². The van der Waals surface area contributed by atoms with Crippen LogP contribution < -0.4 is 22.3 Å². The van der Waals surface area contributed by atoms with Gasteiger partial charge in [-0.05, 0) is 14.1 Å². The normalized spacial score (nSPS) is 10.9. The van der Waals surface area contributed by atoms with Crippen molar-refractivity contribution in [1.82, 2.24) is 14.0 Å². The highest BCUT2D eigenvalue weighted by Crippen LogP contribution is 2.08. The summed E-state index contributed by atoms with van der Waals surface area (Å²) in [5.74, 6) is 0.164. The van der Waals surface area contributed by atoms with Crippen LogP contribution in [0.15, 0.2) is 9.59 Å². The Bertz CT molecular complexity index is 515. The molecule has 1 rings (SSSR count). The molecular formula is C10H19N5O2. The zero-order chi connectivity index (χ0) is 13.2. The molecule has 1 aromatic heterocycles. The van der Waals surface area contributed by atoms with E-state index >= 15 is 0 Å². The first kappa shape index (κ1) is 13.3. The van der Waals surface area contributed by atoms with Crippen molar-refractivity contribution in [3.05, 3.63) is 20.8 Å². The van der Waals surface area contributed by atoms with Gasteiger partial charge in [-0.1, -0.05) is 0 Å². The summed E-state index contributed by atoms with van der Waals surface area (Å²) in [5.41, 5.74) is 5.19. The molecule has 0 amide bonds. The lowest BCUT2D eigenvalue weighted by molar-refractivity contribution is 0.425. The Morgan fingerprint density at radius 3 is 2.35 bits per heavy atom. The second-order valence-corrected chi connectivity index (χ2v) is 4.20. The largest absolute Gasteiger partial charge is 0.383 e. The summed E-state index contributed by atoms with van der Waals surface area (Å²) >= 11 is 0. The Morgan fingerprint density at radius 1 is 1.24 bits per heavy atom. The standard InChI is InChI=1S/C10H19N5O2/c1-13(2)6-5-12-7-8(11)14(3)10(17)15(4)9(7)16/h12H,5-6,11H2,1-4H3. The summed E-state index contributed by atoms with van der Waals surface area (Å²) in [6.45, 7) is 1.36. The summed E-state index contributed by atoms with van der Waals surface area (Å²) < 4.78 is 2.29. The van der Waals surface area contributed by atoms with E-state index in [4.69, 9.17) is 5.73 Å². The molecule has 1 aromatic rings. The SMILES string of the molecule is CN(C)CCNc1c(N)n(C)c(=O)n(C)c1=O. The molecule has 0 saturated heterocycles. The molecule has 0 fully saturated rings. The first-order chi connectivity index (χ1) is 7.86. The minimum absolute atomic E-state index is 0.164. The van der Waals surface area contributed by atoms with Crippen LogP contribution >= 0.6 is 0 Å². The number of hydrogen-bond acceptors (Lipinski definition) is 5. The Labute approximate surface area is 99.5 Å². The molecule has 7 nitrogen and oxygen atoms in total. The molecule has 0 aliphatic rings. The van der Waals surface area contributed by atoms with E-state index in [1.54, 1.807) is 0 Å². The number of likely N-dealkylation sites (N-methyl/N-ethyl adjacent to an activating group) is 1. The highest BCUT2D eigenvalue weighted by Gasteiger charge is 2.12. The van der Waals surface area contributed by atoms with Gasteiger partial charge in [-0.25, -0.2) is 4.79 Å². The second-order valence-electron chi connectivity index (χ2n) is 4.20. The fourth-order valence-corrected chi connectivity index (χ4v) is 1.43. The van der Waals surface area contributed by atoms with Gasteiger partial charge in [0.15, 0.2) is 0 Å². The number of aromatic nitrogens is 2. The van der Waals surface area contributed by atoms with Gasteiger partial charge in [0.2, 0.25) is 0 Å². The monoisotopic (exact) mass is 241 g/mol. The molecule has 0 saturated carbocycles. The fraction of sp³-hybridized carbons (Fsp3) is 0.600. The fourth-order valence-electron chi connectivity index (χ4n) is 1.43. The highest BCUT2D eigenvalue weighted by atomic mass is 16.2. The van der Waals surface area contributed by atoms with E-state index in [0.717, 1.165) is 11.1 Å². The third-order valence-corrected chi connectivity index (χ3v) is 2.57. The predicted octanol–water partition coefficient (Wildman–Crippen LogP) is -1.36. The zero-order valence-electron chi connectivity index (χ0n) is 10.6. The van der Waals surface area contributed by atoms with Crippen molar-refractivity contribution in [2.24, 2.45) is 14.1 Å². The number of nitrogens with one attached hydrogen (secondary N) is 1. The van der Waals surface area contributed by atoms with E-state index in [-0.39, 0.29) is 11.5 Å². The van der Waals surface area contributed by atoms with Gasteiger partial charge in [-0.15, -0.1) is 0 Å². The third-order valence-electron chi connectivity index (χ3n) is 2.57. The van der Waals surface area contributed by atoms with Crippen molar-refractivity contribution < 1.29 is 0 Å². The smallest absolute Gasteiger partial charge is 0.332 e. The van der Waals surface area contributed by atoms with Crippen LogP contribution in [0.5, 0.6) is 0 Å². The Morgan fingerprint density at radius 2 is 1.82 bits per heavy atom. The zero-order valence-corrected chi connectivity index (χ0v) is 10.6. The lowest BCUT2D eigenvalue weighted by Crippen LogP contribution is -2.40. The molecular weight excluding hydrogens is 222 g/mol. The lowest BCUT2D eigenvalue weighted by atomic mass is 10.4. The summed E-state index contributed by atoms with van der Waals surface area (Å²) in [6, 6.07) is 0. The van der Waals surface area contributed by atoms with Crippen LogP contribution in [0.3, 0.4) is 0 Å². The molecule has 0 unspecified atom stereocenters. The maximum Gasteiger partial charge on any atom is 0.332 e. The summed E-state index contributed by atoms with van der Waals surface area (Å²) in [4.78, 5) is 25.4. The summed E-state index contributed by atoms with van der Waals surface area (Å²) in [6.07, 6.45) is 0. The van der Waals surface area contributed by atoms with E-state index in [0.29, 0.717) is 6.54 Å². The minimum Gasteiger partial charge on any atom is -0.383 e.